The van der Waals surface area contributed by atoms with Crippen LogP contribution < -0.4 is 4.74 Å². The fourth-order valence-corrected chi connectivity index (χ4v) is 4.59. The fraction of sp³-hybridized carbons (Fsp3) is 0.444. The third kappa shape index (κ3) is 2.17. The maximum absolute atomic E-state index is 15.0. The number of benzene rings is 1. The summed E-state index contributed by atoms with van der Waals surface area (Å²) in [7, 11) is 1.75. The van der Waals surface area contributed by atoms with Gasteiger partial charge in [-0.1, -0.05) is 13.8 Å². The van der Waals surface area contributed by atoms with Crippen LogP contribution in [0.2, 0.25) is 0 Å². The van der Waals surface area contributed by atoms with Crippen molar-refractivity contribution < 1.29 is 9.13 Å². The van der Waals surface area contributed by atoms with Gasteiger partial charge in [0.2, 0.25) is 0 Å². The van der Waals surface area contributed by atoms with Crippen molar-refractivity contribution in [2.24, 2.45) is 7.05 Å². The van der Waals surface area contributed by atoms with Gasteiger partial charge in [-0.25, -0.2) is 4.39 Å². The number of nitriles is 1. The summed E-state index contributed by atoms with van der Waals surface area (Å²) in [5.41, 5.74) is 1.59. The highest BCUT2D eigenvalue weighted by molar-refractivity contribution is 14.1. The summed E-state index contributed by atoms with van der Waals surface area (Å²) < 4.78 is 23.7. The molecule has 1 saturated carbocycles. The Morgan fingerprint density at radius 3 is 2.67 bits per heavy atom. The molecule has 0 bridgehead atoms. The highest BCUT2D eigenvalue weighted by Crippen LogP contribution is 2.57. The van der Waals surface area contributed by atoms with Gasteiger partial charge in [-0.3, -0.25) is 4.68 Å². The lowest BCUT2D eigenvalue weighted by Crippen LogP contribution is -2.36. The Kier molecular flexibility index (Phi) is 3.27. The maximum Gasteiger partial charge on any atom is 0.142 e. The minimum Gasteiger partial charge on any atom is -0.486 e. The van der Waals surface area contributed by atoms with E-state index in [1.807, 2.05) is 0 Å². The van der Waals surface area contributed by atoms with Gasteiger partial charge < -0.3 is 4.74 Å². The molecular weight excluding hydrogens is 420 g/mol. The van der Waals surface area contributed by atoms with Crippen molar-refractivity contribution in [1.82, 2.24) is 9.78 Å². The molecule has 0 radical (unpaired) electrons. The molecular formula is C18H17FIN3O. The van der Waals surface area contributed by atoms with E-state index in [9.17, 15) is 5.26 Å². The Balaban J connectivity index is 2.04. The van der Waals surface area contributed by atoms with Crippen molar-refractivity contribution in [1.29, 1.82) is 5.26 Å². The molecule has 0 amide bonds. The van der Waals surface area contributed by atoms with Gasteiger partial charge in [0, 0.05) is 12.6 Å². The van der Waals surface area contributed by atoms with E-state index in [-0.39, 0.29) is 22.1 Å². The van der Waals surface area contributed by atoms with E-state index in [0.717, 1.165) is 28.4 Å². The van der Waals surface area contributed by atoms with Crippen LogP contribution in [0.3, 0.4) is 0 Å². The zero-order valence-electron chi connectivity index (χ0n) is 13.8. The van der Waals surface area contributed by atoms with E-state index in [2.05, 4.69) is 47.6 Å². The number of hydrogen-bond donors (Lipinski definition) is 0. The van der Waals surface area contributed by atoms with E-state index >= 15 is 4.39 Å². The van der Waals surface area contributed by atoms with Crippen LogP contribution >= 0.6 is 22.6 Å². The Bertz CT molecular complexity index is 886. The molecule has 1 aromatic carbocycles. The van der Waals surface area contributed by atoms with E-state index in [1.54, 1.807) is 24.0 Å². The molecule has 124 valence electrons. The van der Waals surface area contributed by atoms with E-state index in [0.29, 0.717) is 11.4 Å². The van der Waals surface area contributed by atoms with Crippen molar-refractivity contribution in [3.05, 3.63) is 32.8 Å². The van der Waals surface area contributed by atoms with Crippen LogP contribution in [0.1, 0.15) is 44.2 Å². The van der Waals surface area contributed by atoms with Crippen LogP contribution in [-0.2, 0) is 12.5 Å². The topological polar surface area (TPSA) is 50.8 Å². The third-order valence-corrected chi connectivity index (χ3v) is 5.88. The minimum atomic E-state index is -0.393. The molecule has 0 N–H and O–H groups in total. The molecule has 1 spiro atoms. The van der Waals surface area contributed by atoms with Gasteiger partial charge >= 0.3 is 0 Å². The number of fused-ring (bicyclic) bond motifs is 1. The Morgan fingerprint density at radius 1 is 1.42 bits per heavy atom. The van der Waals surface area contributed by atoms with Crippen molar-refractivity contribution in [3.63, 3.8) is 0 Å². The zero-order chi connectivity index (χ0) is 17.3. The first-order valence-electron chi connectivity index (χ1n) is 7.92. The summed E-state index contributed by atoms with van der Waals surface area (Å²) in [6, 6.07) is 3.75. The lowest BCUT2D eigenvalue weighted by atomic mass is 9.75. The molecule has 1 aromatic heterocycles. The van der Waals surface area contributed by atoms with Gasteiger partial charge in [-0.15, -0.1) is 0 Å². The minimum absolute atomic E-state index is 0.170. The van der Waals surface area contributed by atoms with Crippen molar-refractivity contribution in [3.8, 4) is 23.1 Å². The summed E-state index contributed by atoms with van der Waals surface area (Å²) in [5, 5.41) is 14.0. The average molecular weight is 437 g/mol. The fourth-order valence-electron chi connectivity index (χ4n) is 3.84. The molecule has 4 rings (SSSR count). The number of nitrogens with zero attached hydrogens (tertiary/aromatic N) is 3. The Morgan fingerprint density at radius 2 is 2.12 bits per heavy atom. The quantitative estimate of drug-likeness (QED) is 0.626. The SMILES string of the molecule is Cn1ncc(I)c1-c1c(F)cc2c(c1C#N)OC1(CC1)CC2(C)C. The Hall–Kier alpha value is -1.62. The van der Waals surface area contributed by atoms with Crippen molar-refractivity contribution in [2.75, 3.05) is 0 Å². The van der Waals surface area contributed by atoms with Crippen LogP contribution in [0.15, 0.2) is 12.3 Å². The molecule has 24 heavy (non-hydrogen) atoms. The summed E-state index contributed by atoms with van der Waals surface area (Å²) in [6.45, 7) is 4.20. The van der Waals surface area contributed by atoms with Crippen molar-refractivity contribution >= 4 is 22.6 Å². The molecule has 2 aliphatic rings. The molecule has 1 aliphatic carbocycles. The molecule has 4 nitrogen and oxygen atoms in total. The monoisotopic (exact) mass is 437 g/mol. The summed E-state index contributed by atoms with van der Waals surface area (Å²) >= 11 is 2.12. The van der Waals surface area contributed by atoms with E-state index < -0.39 is 5.82 Å². The number of rotatable bonds is 1. The van der Waals surface area contributed by atoms with Gasteiger partial charge in [-0.2, -0.15) is 10.4 Å². The first kappa shape index (κ1) is 15.9. The number of halogens is 2. The Labute approximate surface area is 153 Å². The van der Waals surface area contributed by atoms with E-state index in [1.165, 1.54) is 0 Å². The molecule has 2 heterocycles. The summed E-state index contributed by atoms with van der Waals surface area (Å²) in [4.78, 5) is 0. The van der Waals surface area contributed by atoms with Crippen molar-refractivity contribution in [2.45, 2.75) is 44.1 Å². The third-order valence-electron chi connectivity index (χ3n) is 5.09. The van der Waals surface area contributed by atoms with Crippen LogP contribution in [0, 0.1) is 20.7 Å². The normalized spacial score (nSPS) is 19.5. The lowest BCUT2D eigenvalue weighted by molar-refractivity contribution is 0.112. The van der Waals surface area contributed by atoms with Gasteiger partial charge in [0.05, 0.1) is 21.0 Å². The van der Waals surface area contributed by atoms with Gasteiger partial charge in [0.25, 0.3) is 0 Å². The predicted octanol–water partition coefficient (Wildman–Crippen LogP) is 4.30. The second-order valence-electron chi connectivity index (χ2n) is 7.41. The standard InChI is InChI=1S/C18H17FIN3O/c1-17(2)9-18(4-5-18)24-16-10(7-21)14(12(19)6-11(16)17)15-13(20)8-22-23(15)3/h6,8H,4-5,9H2,1-3H3. The lowest BCUT2D eigenvalue weighted by Gasteiger charge is -2.39. The predicted molar refractivity (Wildman–Crippen MR) is 96.3 cm³/mol. The molecule has 6 heteroatoms. The second kappa shape index (κ2) is 4.94. The number of aryl methyl sites for hydroxylation is 1. The maximum atomic E-state index is 15.0. The highest BCUT2D eigenvalue weighted by Gasteiger charge is 2.54. The largest absolute Gasteiger partial charge is 0.486 e. The smallest absolute Gasteiger partial charge is 0.142 e. The van der Waals surface area contributed by atoms with E-state index in [4.69, 9.17) is 4.74 Å². The van der Waals surface area contributed by atoms with Crippen LogP contribution in [0.5, 0.6) is 5.75 Å². The molecule has 0 atom stereocenters. The first-order valence-corrected chi connectivity index (χ1v) is 9.00. The first-order chi connectivity index (χ1) is 11.3. The molecule has 0 saturated heterocycles. The number of aromatic nitrogens is 2. The van der Waals surface area contributed by atoms with Gasteiger partial charge in [0.15, 0.2) is 0 Å². The molecule has 1 aliphatic heterocycles. The summed E-state index contributed by atoms with van der Waals surface area (Å²) in [5.74, 6) is 0.162. The van der Waals surface area contributed by atoms with Crippen LogP contribution in [0.4, 0.5) is 4.39 Å². The second-order valence-corrected chi connectivity index (χ2v) is 8.57. The van der Waals surface area contributed by atoms with Crippen LogP contribution in [0.25, 0.3) is 11.3 Å². The van der Waals surface area contributed by atoms with Crippen LogP contribution in [-0.4, -0.2) is 15.4 Å². The molecule has 2 aromatic rings. The van der Waals surface area contributed by atoms with Gasteiger partial charge in [0.1, 0.15) is 28.8 Å². The average Bonchev–Trinajstić information content (AvgIpc) is 3.16. The zero-order valence-corrected chi connectivity index (χ0v) is 15.9. The summed E-state index contributed by atoms with van der Waals surface area (Å²) in [6.07, 6.45) is 4.52. The van der Waals surface area contributed by atoms with Gasteiger partial charge in [-0.05, 0) is 53.3 Å². The number of hydrogen-bond acceptors (Lipinski definition) is 3. The molecule has 1 fully saturated rings. The number of ether oxygens (including phenoxy) is 1. The molecule has 0 unspecified atom stereocenters. The highest BCUT2D eigenvalue weighted by atomic mass is 127.